The molecule has 2 heterocycles. The van der Waals surface area contributed by atoms with Crippen LogP contribution in [-0.2, 0) is 0 Å². The zero-order valence-electron chi connectivity index (χ0n) is 5.90. The lowest BCUT2D eigenvalue weighted by Crippen LogP contribution is -2.13. The molecule has 0 fully saturated rings. The number of hydrogen-bond acceptors (Lipinski definition) is 4. The smallest absolute Gasteiger partial charge is 0.409 e. The molecule has 5 heteroatoms. The average Bonchev–Trinajstić information content (AvgIpc) is 2.04. The molecule has 0 aromatic rings. The van der Waals surface area contributed by atoms with Gasteiger partial charge >= 0.3 is 5.76 Å². The molecule has 12 heavy (non-hydrogen) atoms. The van der Waals surface area contributed by atoms with Crippen molar-refractivity contribution in [2.24, 2.45) is 0 Å². The van der Waals surface area contributed by atoms with Crippen LogP contribution in [0.3, 0.4) is 0 Å². The first-order chi connectivity index (χ1) is 5.77. The van der Waals surface area contributed by atoms with E-state index in [1.165, 1.54) is 18.5 Å². The standard InChI is InChI=1S/C7H4N2O3/c10-6-4-3-9-7(11)12-5(4)1-2-8-6/h1-3H,(H,9,11). The van der Waals surface area contributed by atoms with Crippen molar-refractivity contribution in [2.75, 3.05) is 0 Å². The molecule has 0 aromatic heterocycles. The Kier molecular flexibility index (Phi) is 1.30. The van der Waals surface area contributed by atoms with Crippen molar-refractivity contribution in [3.05, 3.63) is 39.4 Å². The number of aromatic nitrogens is 2. The van der Waals surface area contributed by atoms with Crippen molar-refractivity contribution in [1.82, 2.24) is 9.97 Å². The lowest BCUT2D eigenvalue weighted by atomic mass is 10.2. The molecule has 0 unspecified atom stereocenters. The van der Waals surface area contributed by atoms with Crippen molar-refractivity contribution < 1.29 is 4.42 Å². The number of nitrogens with one attached hydrogen (secondary N) is 1. The Bertz CT molecular complexity index is 485. The van der Waals surface area contributed by atoms with Crippen molar-refractivity contribution in [3.8, 4) is 11.3 Å². The van der Waals surface area contributed by atoms with Gasteiger partial charge in [-0.25, -0.2) is 9.78 Å². The number of nitrogens with zero attached hydrogens (tertiary/aromatic N) is 1. The molecule has 0 bridgehead atoms. The Morgan fingerprint density at radius 2 is 2.25 bits per heavy atom. The van der Waals surface area contributed by atoms with Gasteiger partial charge in [0, 0.05) is 18.5 Å². The highest BCUT2D eigenvalue weighted by Gasteiger charge is 2.07. The summed E-state index contributed by atoms with van der Waals surface area (Å²) in [5.41, 5.74) is -0.135. The maximum absolute atomic E-state index is 11.0. The Labute approximate surface area is 66.0 Å². The van der Waals surface area contributed by atoms with Crippen molar-refractivity contribution in [1.29, 1.82) is 0 Å². The Morgan fingerprint density at radius 3 is 3.08 bits per heavy atom. The van der Waals surface area contributed by atoms with Gasteiger partial charge in [-0.2, -0.15) is 0 Å². The molecule has 5 nitrogen and oxygen atoms in total. The summed E-state index contributed by atoms with van der Waals surface area (Å²) in [6, 6.07) is 1.46. The summed E-state index contributed by atoms with van der Waals surface area (Å²) in [4.78, 5) is 27.4. The van der Waals surface area contributed by atoms with Crippen LogP contribution in [0.15, 0.2) is 32.5 Å². The van der Waals surface area contributed by atoms with E-state index in [0.29, 0.717) is 0 Å². The molecule has 0 aliphatic carbocycles. The van der Waals surface area contributed by atoms with Gasteiger partial charge in [-0.3, -0.25) is 9.78 Å². The highest BCUT2D eigenvalue weighted by Crippen LogP contribution is 2.10. The predicted molar refractivity (Wildman–Crippen MR) is 40.0 cm³/mol. The Balaban J connectivity index is 2.95. The summed E-state index contributed by atoms with van der Waals surface area (Å²) in [7, 11) is 0. The van der Waals surface area contributed by atoms with E-state index >= 15 is 0 Å². The van der Waals surface area contributed by atoms with Crippen LogP contribution in [0.1, 0.15) is 0 Å². The summed E-state index contributed by atoms with van der Waals surface area (Å²) in [5, 5.41) is 0. The zero-order chi connectivity index (χ0) is 8.55. The van der Waals surface area contributed by atoms with Crippen molar-refractivity contribution >= 4 is 0 Å². The Hall–Kier alpha value is -1.91. The van der Waals surface area contributed by atoms with Crippen LogP contribution in [0.2, 0.25) is 0 Å². The van der Waals surface area contributed by atoms with Crippen molar-refractivity contribution in [2.45, 2.75) is 0 Å². The number of H-pyrrole nitrogens is 1. The first-order valence-electron chi connectivity index (χ1n) is 3.25. The molecule has 2 aliphatic heterocycles. The van der Waals surface area contributed by atoms with E-state index in [1.807, 2.05) is 0 Å². The molecular weight excluding hydrogens is 160 g/mol. The fourth-order valence-electron chi connectivity index (χ4n) is 0.920. The molecule has 0 radical (unpaired) electrons. The topological polar surface area (TPSA) is 76.0 Å². The van der Waals surface area contributed by atoms with E-state index in [9.17, 15) is 9.59 Å². The molecule has 0 amide bonds. The fourth-order valence-corrected chi connectivity index (χ4v) is 0.920. The molecule has 2 aliphatic rings. The van der Waals surface area contributed by atoms with Crippen LogP contribution < -0.4 is 11.3 Å². The predicted octanol–water partition coefficient (Wildman–Crippen LogP) is -0.172. The molecular formula is C7H4N2O3. The number of aromatic amines is 1. The summed E-state index contributed by atoms with van der Waals surface area (Å²) in [5.74, 6) is -0.341. The van der Waals surface area contributed by atoms with Gasteiger partial charge in [-0.1, -0.05) is 0 Å². The van der Waals surface area contributed by atoms with E-state index in [-0.39, 0.29) is 11.3 Å². The minimum Gasteiger partial charge on any atom is -0.409 e. The highest BCUT2D eigenvalue weighted by molar-refractivity contribution is 5.53. The third-order valence-corrected chi connectivity index (χ3v) is 1.45. The van der Waals surface area contributed by atoms with Gasteiger partial charge in [0.05, 0.1) is 0 Å². The van der Waals surface area contributed by atoms with Crippen LogP contribution in [0.5, 0.6) is 0 Å². The van der Waals surface area contributed by atoms with Crippen molar-refractivity contribution in [3.63, 3.8) is 0 Å². The lowest BCUT2D eigenvalue weighted by molar-refractivity contribution is 0.495. The lowest BCUT2D eigenvalue weighted by Gasteiger charge is -1.97. The molecule has 2 rings (SSSR count). The summed E-state index contributed by atoms with van der Waals surface area (Å²) in [6.07, 6.45) is 2.59. The van der Waals surface area contributed by atoms with Gasteiger partial charge in [-0.15, -0.1) is 0 Å². The molecule has 0 aromatic carbocycles. The number of rotatable bonds is 0. The van der Waals surface area contributed by atoms with Gasteiger partial charge in [0.25, 0.3) is 5.56 Å². The van der Waals surface area contributed by atoms with Gasteiger partial charge < -0.3 is 4.42 Å². The maximum Gasteiger partial charge on any atom is 0.416 e. The second kappa shape index (κ2) is 2.30. The largest absolute Gasteiger partial charge is 0.416 e. The van der Waals surface area contributed by atoms with Gasteiger partial charge in [0.2, 0.25) is 0 Å². The van der Waals surface area contributed by atoms with Crippen LogP contribution in [-0.4, -0.2) is 9.97 Å². The second-order valence-corrected chi connectivity index (χ2v) is 2.21. The summed E-state index contributed by atoms with van der Waals surface area (Å²) in [6.45, 7) is 0. The Morgan fingerprint density at radius 1 is 1.42 bits per heavy atom. The first-order valence-corrected chi connectivity index (χ1v) is 3.25. The quantitative estimate of drug-likeness (QED) is 0.586. The third kappa shape index (κ3) is 0.914. The SMILES string of the molecule is O=c1[nH]cc2c(=O)nccc-2o1. The fraction of sp³-hybridized carbons (Fsp3) is 0. The van der Waals surface area contributed by atoms with Crippen LogP contribution >= 0.6 is 0 Å². The van der Waals surface area contributed by atoms with E-state index < -0.39 is 11.3 Å². The number of hydrogen-bond donors (Lipinski definition) is 1. The summed E-state index contributed by atoms with van der Waals surface area (Å²) >= 11 is 0. The highest BCUT2D eigenvalue weighted by atomic mass is 16.4. The molecule has 0 saturated carbocycles. The zero-order valence-corrected chi connectivity index (χ0v) is 5.90. The third-order valence-electron chi connectivity index (χ3n) is 1.45. The monoisotopic (exact) mass is 164 g/mol. The van der Waals surface area contributed by atoms with Gasteiger partial charge in [0.15, 0.2) is 0 Å². The van der Waals surface area contributed by atoms with Crippen LogP contribution in [0, 0.1) is 0 Å². The minimum atomic E-state index is -0.590. The van der Waals surface area contributed by atoms with E-state index in [0.717, 1.165) is 0 Å². The van der Waals surface area contributed by atoms with Crippen LogP contribution in [0.25, 0.3) is 11.3 Å². The molecule has 60 valence electrons. The molecule has 0 atom stereocenters. The number of pyridine rings is 1. The first kappa shape index (κ1) is 6.78. The molecule has 0 spiro atoms. The minimum absolute atomic E-state index is 0.249. The second-order valence-electron chi connectivity index (χ2n) is 2.21. The van der Waals surface area contributed by atoms with E-state index in [4.69, 9.17) is 4.42 Å². The molecule has 1 N–H and O–H groups in total. The van der Waals surface area contributed by atoms with Gasteiger partial charge in [0.1, 0.15) is 11.3 Å². The molecule has 0 saturated heterocycles. The average molecular weight is 164 g/mol. The normalized spacial score (nSPS) is 10.3. The number of fused-ring (bicyclic) bond motifs is 1. The van der Waals surface area contributed by atoms with E-state index in [1.54, 1.807) is 0 Å². The maximum atomic E-state index is 11.0. The van der Waals surface area contributed by atoms with Gasteiger partial charge in [-0.05, 0) is 0 Å². The van der Waals surface area contributed by atoms with E-state index in [2.05, 4.69) is 9.97 Å². The van der Waals surface area contributed by atoms with Crippen LogP contribution in [0.4, 0.5) is 0 Å². The summed E-state index contributed by atoms with van der Waals surface area (Å²) < 4.78 is 4.69.